The molecule has 1 heterocycles. The minimum Gasteiger partial charge on any atom is -0.487 e. The number of sulfonamides is 1. The second-order valence-electron chi connectivity index (χ2n) is 8.74. The molecule has 7 heteroatoms. The first-order valence-corrected chi connectivity index (χ1v) is 11.9. The van der Waals surface area contributed by atoms with Crippen molar-refractivity contribution in [1.82, 2.24) is 9.62 Å². The summed E-state index contributed by atoms with van der Waals surface area (Å²) < 4.78 is 31.9. The fraction of sp³-hybridized carbons (Fsp3) is 0.435. The summed E-state index contributed by atoms with van der Waals surface area (Å²) in [4.78, 5) is 12.8. The fourth-order valence-electron chi connectivity index (χ4n) is 3.68. The average Bonchev–Trinajstić information content (AvgIpc) is 2.60. The van der Waals surface area contributed by atoms with E-state index in [2.05, 4.69) is 5.32 Å². The van der Waals surface area contributed by atoms with Gasteiger partial charge in [-0.2, -0.15) is 4.31 Å². The number of carbonyl (C=O) groups excluding carboxylic acids is 1. The van der Waals surface area contributed by atoms with E-state index in [1.165, 1.54) is 4.31 Å². The zero-order chi connectivity index (χ0) is 22.1. The van der Waals surface area contributed by atoms with E-state index in [9.17, 15) is 13.2 Å². The van der Waals surface area contributed by atoms with Crippen molar-refractivity contribution in [2.75, 3.05) is 12.8 Å². The van der Waals surface area contributed by atoms with Gasteiger partial charge in [0.25, 0.3) is 0 Å². The molecular weight excluding hydrogens is 400 g/mol. The van der Waals surface area contributed by atoms with Crippen molar-refractivity contribution in [3.8, 4) is 5.75 Å². The number of benzene rings is 2. The molecule has 2 aromatic carbocycles. The SMILES string of the molecule is Cc1ccc(CN(CC(=O)N[C@@H]2CC(C)(C)Oc3cc(C)ccc32)S(C)(=O)=O)cc1. The molecule has 1 aliphatic rings. The lowest BCUT2D eigenvalue weighted by Crippen LogP contribution is -2.45. The van der Waals surface area contributed by atoms with E-state index in [0.29, 0.717) is 6.42 Å². The van der Waals surface area contributed by atoms with Gasteiger partial charge in [-0.05, 0) is 44.9 Å². The standard InChI is InChI=1S/C23H30N2O4S/c1-16-6-9-18(10-7-16)14-25(30(5,27)28)15-22(26)24-20-13-23(3,4)29-21-12-17(2)8-11-19(20)21/h6-12,20H,13-15H2,1-5H3,(H,24,26)/t20-/m1/s1. The lowest BCUT2D eigenvalue weighted by molar-refractivity contribution is -0.122. The number of nitrogens with zero attached hydrogens (tertiary/aromatic N) is 1. The summed E-state index contributed by atoms with van der Waals surface area (Å²) in [5.74, 6) is 0.429. The highest BCUT2D eigenvalue weighted by Gasteiger charge is 2.35. The molecule has 0 unspecified atom stereocenters. The Balaban J connectivity index is 1.76. The van der Waals surface area contributed by atoms with Crippen LogP contribution < -0.4 is 10.1 Å². The van der Waals surface area contributed by atoms with Crippen molar-refractivity contribution in [3.63, 3.8) is 0 Å². The Morgan fingerprint density at radius 1 is 1.13 bits per heavy atom. The van der Waals surface area contributed by atoms with E-state index in [0.717, 1.165) is 34.3 Å². The molecule has 1 aliphatic heterocycles. The van der Waals surface area contributed by atoms with Crippen LogP contribution in [0.25, 0.3) is 0 Å². The van der Waals surface area contributed by atoms with Crippen molar-refractivity contribution < 1.29 is 17.9 Å². The second kappa shape index (κ2) is 8.40. The van der Waals surface area contributed by atoms with Crippen LogP contribution in [-0.4, -0.2) is 37.0 Å². The first-order chi connectivity index (χ1) is 13.9. The lowest BCUT2D eigenvalue weighted by atomic mass is 9.89. The van der Waals surface area contributed by atoms with Crippen LogP contribution in [0.4, 0.5) is 0 Å². The van der Waals surface area contributed by atoms with Crippen LogP contribution >= 0.6 is 0 Å². The van der Waals surface area contributed by atoms with Crippen molar-refractivity contribution in [1.29, 1.82) is 0 Å². The molecule has 0 saturated carbocycles. The summed E-state index contributed by atoms with van der Waals surface area (Å²) in [7, 11) is -3.55. The normalized spacial score (nSPS) is 17.9. The summed E-state index contributed by atoms with van der Waals surface area (Å²) in [5.41, 5.74) is 3.50. The van der Waals surface area contributed by atoms with Gasteiger partial charge < -0.3 is 10.1 Å². The predicted molar refractivity (Wildman–Crippen MR) is 118 cm³/mol. The molecule has 1 N–H and O–H groups in total. The van der Waals surface area contributed by atoms with E-state index < -0.39 is 15.6 Å². The Morgan fingerprint density at radius 3 is 2.40 bits per heavy atom. The smallest absolute Gasteiger partial charge is 0.235 e. The van der Waals surface area contributed by atoms with Crippen LogP contribution in [0.3, 0.4) is 0 Å². The molecule has 0 fully saturated rings. The van der Waals surface area contributed by atoms with Crippen LogP contribution in [0, 0.1) is 13.8 Å². The molecule has 2 aromatic rings. The Hall–Kier alpha value is -2.38. The molecular formula is C23H30N2O4S. The number of fused-ring (bicyclic) bond motifs is 1. The number of nitrogens with one attached hydrogen (secondary N) is 1. The average molecular weight is 431 g/mol. The quantitative estimate of drug-likeness (QED) is 0.761. The van der Waals surface area contributed by atoms with Crippen LogP contribution in [-0.2, 0) is 21.4 Å². The zero-order valence-electron chi connectivity index (χ0n) is 18.2. The number of aryl methyl sites for hydroxylation is 2. The van der Waals surface area contributed by atoms with E-state index in [1.54, 1.807) is 0 Å². The molecule has 6 nitrogen and oxygen atoms in total. The minimum absolute atomic E-state index is 0.154. The largest absolute Gasteiger partial charge is 0.487 e. The highest BCUT2D eigenvalue weighted by atomic mass is 32.2. The Morgan fingerprint density at radius 2 is 1.77 bits per heavy atom. The molecule has 1 amide bonds. The molecule has 0 radical (unpaired) electrons. The van der Waals surface area contributed by atoms with E-state index >= 15 is 0 Å². The van der Waals surface area contributed by atoms with Gasteiger partial charge in [0, 0.05) is 18.5 Å². The maximum Gasteiger partial charge on any atom is 0.235 e. The van der Waals surface area contributed by atoms with Crippen molar-refractivity contribution in [2.45, 2.75) is 52.3 Å². The molecule has 3 rings (SSSR count). The third-order valence-electron chi connectivity index (χ3n) is 5.23. The highest BCUT2D eigenvalue weighted by molar-refractivity contribution is 7.88. The maximum atomic E-state index is 12.8. The third-order valence-corrected chi connectivity index (χ3v) is 6.43. The van der Waals surface area contributed by atoms with Gasteiger partial charge in [-0.15, -0.1) is 0 Å². The number of hydrogen-bond donors (Lipinski definition) is 1. The van der Waals surface area contributed by atoms with Crippen molar-refractivity contribution >= 4 is 15.9 Å². The lowest BCUT2D eigenvalue weighted by Gasteiger charge is -2.38. The number of ether oxygens (including phenoxy) is 1. The third kappa shape index (κ3) is 5.61. The van der Waals surface area contributed by atoms with Gasteiger partial charge in [-0.25, -0.2) is 8.42 Å². The minimum atomic E-state index is -3.55. The Kier molecular flexibility index (Phi) is 6.24. The van der Waals surface area contributed by atoms with E-state index in [4.69, 9.17) is 4.74 Å². The molecule has 0 aliphatic carbocycles. The monoisotopic (exact) mass is 430 g/mol. The zero-order valence-corrected chi connectivity index (χ0v) is 19.0. The van der Waals surface area contributed by atoms with Gasteiger partial charge in [0.05, 0.1) is 18.8 Å². The van der Waals surface area contributed by atoms with Gasteiger partial charge in [0.15, 0.2) is 0 Å². The molecule has 0 bridgehead atoms. The molecule has 0 spiro atoms. The first-order valence-electron chi connectivity index (χ1n) is 10.0. The summed E-state index contributed by atoms with van der Waals surface area (Å²) in [6, 6.07) is 13.3. The molecule has 0 saturated heterocycles. The van der Waals surface area contributed by atoms with Gasteiger partial charge in [-0.3, -0.25) is 4.79 Å². The highest BCUT2D eigenvalue weighted by Crippen LogP contribution is 2.39. The fourth-order valence-corrected chi connectivity index (χ4v) is 4.41. The second-order valence-corrected chi connectivity index (χ2v) is 10.7. The Labute approximate surface area is 179 Å². The summed E-state index contributed by atoms with van der Waals surface area (Å²) in [6.45, 7) is 7.86. The molecule has 1 atom stereocenters. The first kappa shape index (κ1) is 22.3. The number of amides is 1. The maximum absolute atomic E-state index is 12.8. The van der Waals surface area contributed by atoms with Crippen LogP contribution in [0.1, 0.15) is 48.6 Å². The Bertz CT molecular complexity index is 1030. The van der Waals surface area contributed by atoms with Crippen LogP contribution in [0.15, 0.2) is 42.5 Å². The molecule has 162 valence electrons. The predicted octanol–water partition coefficient (Wildman–Crippen LogP) is 3.48. The van der Waals surface area contributed by atoms with Gasteiger partial charge in [0.1, 0.15) is 11.4 Å². The number of carbonyl (C=O) groups is 1. The van der Waals surface area contributed by atoms with Crippen LogP contribution in [0.2, 0.25) is 0 Å². The van der Waals surface area contributed by atoms with Crippen molar-refractivity contribution in [2.24, 2.45) is 0 Å². The van der Waals surface area contributed by atoms with Crippen LogP contribution in [0.5, 0.6) is 5.75 Å². The summed E-state index contributed by atoms with van der Waals surface area (Å²) in [6.07, 6.45) is 1.73. The number of rotatable bonds is 6. The molecule has 0 aromatic heterocycles. The van der Waals surface area contributed by atoms with E-state index in [1.807, 2.05) is 70.2 Å². The van der Waals surface area contributed by atoms with Gasteiger partial charge in [-0.1, -0.05) is 42.0 Å². The van der Waals surface area contributed by atoms with Gasteiger partial charge >= 0.3 is 0 Å². The topological polar surface area (TPSA) is 75.7 Å². The van der Waals surface area contributed by atoms with Gasteiger partial charge in [0.2, 0.25) is 15.9 Å². The van der Waals surface area contributed by atoms with Crippen molar-refractivity contribution in [3.05, 3.63) is 64.7 Å². The summed E-state index contributed by atoms with van der Waals surface area (Å²) in [5, 5.41) is 3.02. The summed E-state index contributed by atoms with van der Waals surface area (Å²) >= 11 is 0. The van der Waals surface area contributed by atoms with E-state index in [-0.39, 0.29) is 25.0 Å². The number of hydrogen-bond acceptors (Lipinski definition) is 4. The molecule has 30 heavy (non-hydrogen) atoms.